The van der Waals surface area contributed by atoms with Crippen LogP contribution in [0.15, 0.2) is 72.9 Å². The van der Waals surface area contributed by atoms with Gasteiger partial charge in [0.05, 0.1) is 0 Å². The number of hydrogen-bond donors (Lipinski definition) is 0. The summed E-state index contributed by atoms with van der Waals surface area (Å²) in [7, 11) is 0. The quantitative estimate of drug-likeness (QED) is 0.0199. The molecule has 1 unspecified atom stereocenters. The fourth-order valence-corrected chi connectivity index (χ4v) is 7.76. The highest BCUT2D eigenvalue weighted by Gasteiger charge is 2.19. The standard InChI is InChI=1S/C60H104O6/c1-4-7-10-13-16-19-22-25-27-29-31-32-35-38-41-44-47-50-53-59(62)65-56-57(55-64-58(61)52-49-46-43-40-37-34-24-21-18-15-12-9-6-3)66-60(63)54-51-48-45-42-39-36-33-30-28-26-23-20-17-14-11-8-5-2/h9,12,15,17-18,20-21,24,26,28,31-32,57H,4-8,10-11,13-14,16,19,22-23,25,27,29-30,33-56H2,1-3H3/b12-9-,18-15-,20-17-,24-21-,28-26-,32-31-. The predicted octanol–water partition coefficient (Wildman–Crippen LogP) is 18.6. The summed E-state index contributed by atoms with van der Waals surface area (Å²) in [6, 6.07) is 0. The van der Waals surface area contributed by atoms with Gasteiger partial charge in [0.15, 0.2) is 6.10 Å². The average molecular weight is 921 g/mol. The Labute approximate surface area is 408 Å². The molecular weight excluding hydrogens is 817 g/mol. The molecule has 6 heteroatoms. The van der Waals surface area contributed by atoms with Crippen LogP contribution < -0.4 is 0 Å². The summed E-state index contributed by atoms with van der Waals surface area (Å²) in [6.45, 7) is 6.47. The Kier molecular flexibility index (Phi) is 51.9. The highest BCUT2D eigenvalue weighted by Crippen LogP contribution is 2.15. The first-order chi connectivity index (χ1) is 32.5. The monoisotopic (exact) mass is 921 g/mol. The summed E-state index contributed by atoms with van der Waals surface area (Å²) in [5.41, 5.74) is 0. The van der Waals surface area contributed by atoms with Gasteiger partial charge in [-0.25, -0.2) is 0 Å². The zero-order chi connectivity index (χ0) is 47.9. The summed E-state index contributed by atoms with van der Waals surface area (Å²) in [5, 5.41) is 0. The van der Waals surface area contributed by atoms with Crippen LogP contribution in [-0.4, -0.2) is 37.2 Å². The van der Waals surface area contributed by atoms with Gasteiger partial charge in [-0.2, -0.15) is 0 Å². The van der Waals surface area contributed by atoms with Crippen molar-refractivity contribution in [1.82, 2.24) is 0 Å². The average Bonchev–Trinajstić information content (AvgIpc) is 3.31. The van der Waals surface area contributed by atoms with Gasteiger partial charge in [0.1, 0.15) is 13.2 Å². The van der Waals surface area contributed by atoms with E-state index in [-0.39, 0.29) is 31.1 Å². The maximum atomic E-state index is 12.8. The second-order valence-electron chi connectivity index (χ2n) is 18.5. The molecule has 0 aliphatic carbocycles. The number of carbonyl (C=O) groups is 3. The van der Waals surface area contributed by atoms with E-state index in [1.807, 2.05) is 0 Å². The molecule has 0 aliphatic heterocycles. The van der Waals surface area contributed by atoms with E-state index < -0.39 is 6.10 Å². The molecule has 0 N–H and O–H groups in total. The molecule has 0 rings (SSSR count). The van der Waals surface area contributed by atoms with Crippen molar-refractivity contribution in [1.29, 1.82) is 0 Å². The van der Waals surface area contributed by atoms with E-state index in [0.29, 0.717) is 19.3 Å². The SMILES string of the molecule is CC\C=C/C=C\C=C/CCCCCCCC(=O)OCC(COC(=O)CCCCCCC/C=C\CCCCCCCCCCC)OC(=O)CCCCCCCCC/C=C\C/C=C\CCCCC. The lowest BCUT2D eigenvalue weighted by molar-refractivity contribution is -0.167. The minimum Gasteiger partial charge on any atom is -0.462 e. The predicted molar refractivity (Wildman–Crippen MR) is 284 cm³/mol. The number of hydrogen-bond acceptors (Lipinski definition) is 6. The van der Waals surface area contributed by atoms with Crippen LogP contribution in [0.2, 0.25) is 0 Å². The molecular formula is C60H104O6. The fraction of sp³-hybridized carbons (Fsp3) is 0.750. The summed E-state index contributed by atoms with van der Waals surface area (Å²) in [4.78, 5) is 38.1. The first kappa shape index (κ1) is 62.8. The van der Waals surface area contributed by atoms with Gasteiger partial charge in [0.2, 0.25) is 0 Å². The van der Waals surface area contributed by atoms with Crippen LogP contribution in [0.4, 0.5) is 0 Å². The number of rotatable bonds is 50. The molecule has 0 saturated heterocycles. The van der Waals surface area contributed by atoms with Crippen molar-refractivity contribution in [3.63, 3.8) is 0 Å². The van der Waals surface area contributed by atoms with Crippen molar-refractivity contribution >= 4 is 17.9 Å². The Morgan fingerprint density at radius 2 is 0.652 bits per heavy atom. The maximum Gasteiger partial charge on any atom is 0.306 e. The van der Waals surface area contributed by atoms with Crippen LogP contribution >= 0.6 is 0 Å². The van der Waals surface area contributed by atoms with Gasteiger partial charge in [-0.3, -0.25) is 14.4 Å². The molecule has 0 heterocycles. The van der Waals surface area contributed by atoms with Crippen molar-refractivity contribution < 1.29 is 28.6 Å². The van der Waals surface area contributed by atoms with Crippen LogP contribution in [0.1, 0.15) is 271 Å². The number of unbranched alkanes of at least 4 members (excludes halogenated alkanes) is 29. The van der Waals surface area contributed by atoms with Crippen LogP contribution in [0.3, 0.4) is 0 Å². The normalized spacial score (nSPS) is 12.6. The number of ether oxygens (including phenoxy) is 3. The Balaban J connectivity index is 4.40. The van der Waals surface area contributed by atoms with Crippen molar-refractivity contribution in [2.45, 2.75) is 277 Å². The van der Waals surface area contributed by atoms with E-state index in [4.69, 9.17) is 14.2 Å². The second-order valence-corrected chi connectivity index (χ2v) is 18.5. The molecule has 0 amide bonds. The van der Waals surface area contributed by atoms with Crippen molar-refractivity contribution in [3.05, 3.63) is 72.9 Å². The maximum absolute atomic E-state index is 12.8. The molecule has 0 radical (unpaired) electrons. The molecule has 0 saturated carbocycles. The first-order valence-electron chi connectivity index (χ1n) is 28.0. The number of esters is 3. The summed E-state index contributed by atoms with van der Waals surface area (Å²) < 4.78 is 16.8. The molecule has 0 aromatic carbocycles. The molecule has 6 nitrogen and oxygen atoms in total. The van der Waals surface area contributed by atoms with E-state index in [1.165, 1.54) is 128 Å². The van der Waals surface area contributed by atoms with Crippen molar-refractivity contribution in [2.75, 3.05) is 13.2 Å². The molecule has 66 heavy (non-hydrogen) atoms. The Hall–Kier alpha value is -3.15. The summed E-state index contributed by atoms with van der Waals surface area (Å²) >= 11 is 0. The van der Waals surface area contributed by atoms with Crippen LogP contribution in [-0.2, 0) is 28.6 Å². The van der Waals surface area contributed by atoms with Gasteiger partial charge in [0, 0.05) is 19.3 Å². The minimum absolute atomic E-state index is 0.0894. The highest BCUT2D eigenvalue weighted by atomic mass is 16.6. The first-order valence-corrected chi connectivity index (χ1v) is 28.0. The lowest BCUT2D eigenvalue weighted by Gasteiger charge is -2.18. The lowest BCUT2D eigenvalue weighted by Crippen LogP contribution is -2.30. The molecule has 0 aromatic rings. The zero-order valence-corrected chi connectivity index (χ0v) is 43.4. The number of allylic oxidation sites excluding steroid dienone is 12. The van der Waals surface area contributed by atoms with Gasteiger partial charge in [-0.1, -0.05) is 229 Å². The number of carbonyl (C=O) groups excluding carboxylic acids is 3. The molecule has 0 bridgehead atoms. The van der Waals surface area contributed by atoms with Crippen molar-refractivity contribution in [3.8, 4) is 0 Å². The smallest absolute Gasteiger partial charge is 0.306 e. The zero-order valence-electron chi connectivity index (χ0n) is 43.4. The van der Waals surface area contributed by atoms with Gasteiger partial charge in [-0.15, -0.1) is 0 Å². The molecule has 380 valence electrons. The van der Waals surface area contributed by atoms with Crippen LogP contribution in [0.25, 0.3) is 0 Å². The molecule has 0 aliphatic rings. The topological polar surface area (TPSA) is 78.9 Å². The molecule has 1 atom stereocenters. The third kappa shape index (κ3) is 51.8. The van der Waals surface area contributed by atoms with E-state index >= 15 is 0 Å². The van der Waals surface area contributed by atoms with Gasteiger partial charge in [-0.05, 0) is 96.3 Å². The molecule has 0 spiro atoms. The van der Waals surface area contributed by atoms with Crippen molar-refractivity contribution in [2.24, 2.45) is 0 Å². The third-order valence-electron chi connectivity index (χ3n) is 12.0. The van der Waals surface area contributed by atoms with Crippen LogP contribution in [0.5, 0.6) is 0 Å². The van der Waals surface area contributed by atoms with E-state index in [1.54, 1.807) is 0 Å². The largest absolute Gasteiger partial charge is 0.462 e. The van der Waals surface area contributed by atoms with E-state index in [2.05, 4.69) is 93.7 Å². The third-order valence-corrected chi connectivity index (χ3v) is 12.0. The van der Waals surface area contributed by atoms with Gasteiger partial charge in [0.25, 0.3) is 0 Å². The second kappa shape index (κ2) is 54.5. The van der Waals surface area contributed by atoms with Gasteiger partial charge < -0.3 is 14.2 Å². The Bertz CT molecular complexity index is 1240. The highest BCUT2D eigenvalue weighted by molar-refractivity contribution is 5.71. The fourth-order valence-electron chi connectivity index (χ4n) is 7.76. The Morgan fingerprint density at radius 3 is 1.08 bits per heavy atom. The lowest BCUT2D eigenvalue weighted by atomic mass is 10.1. The van der Waals surface area contributed by atoms with E-state index in [9.17, 15) is 14.4 Å². The van der Waals surface area contributed by atoms with E-state index in [0.717, 1.165) is 103 Å². The van der Waals surface area contributed by atoms with Gasteiger partial charge >= 0.3 is 17.9 Å². The Morgan fingerprint density at radius 1 is 0.333 bits per heavy atom. The molecule has 0 aromatic heterocycles. The summed E-state index contributed by atoms with van der Waals surface area (Å²) in [5.74, 6) is -0.920. The summed E-state index contributed by atoms with van der Waals surface area (Å²) in [6.07, 6.45) is 68.9. The molecule has 0 fully saturated rings. The minimum atomic E-state index is -0.791. The van der Waals surface area contributed by atoms with Crippen LogP contribution in [0, 0.1) is 0 Å².